The van der Waals surface area contributed by atoms with Crippen LogP contribution in [0.2, 0.25) is 10.0 Å². The van der Waals surface area contributed by atoms with Gasteiger partial charge in [-0.3, -0.25) is 4.79 Å². The van der Waals surface area contributed by atoms with Crippen LogP contribution in [-0.2, 0) is 4.79 Å². The average molecular weight is 327 g/mol. The van der Waals surface area contributed by atoms with Crippen LogP contribution in [0.1, 0.15) is 24.3 Å². The normalized spacial score (nSPS) is 28.0. The van der Waals surface area contributed by atoms with Gasteiger partial charge in [0.2, 0.25) is 5.91 Å². The Bertz CT molecular complexity index is 549. The molecule has 114 valence electrons. The summed E-state index contributed by atoms with van der Waals surface area (Å²) in [6.45, 7) is 2.75. The van der Waals surface area contributed by atoms with Crippen LogP contribution in [0, 0.1) is 11.8 Å². The van der Waals surface area contributed by atoms with E-state index in [0.717, 1.165) is 38.0 Å². The number of likely N-dealkylation sites (tertiary alicyclic amines) is 1. The summed E-state index contributed by atoms with van der Waals surface area (Å²) in [5.41, 5.74) is 1.02. The van der Waals surface area contributed by atoms with Gasteiger partial charge in [0.15, 0.2) is 0 Å². The SMILES string of the molecule is CNC[C@@H]1CCN(C(=O)[C@H]2C[C@H]2c2cccc(Cl)c2Cl)C1. The molecular weight excluding hydrogens is 307 g/mol. The molecule has 3 rings (SSSR count). The number of nitrogens with one attached hydrogen (secondary N) is 1. The summed E-state index contributed by atoms with van der Waals surface area (Å²) >= 11 is 12.3. The Morgan fingerprint density at radius 1 is 1.43 bits per heavy atom. The van der Waals surface area contributed by atoms with Crippen LogP contribution in [0.4, 0.5) is 0 Å². The number of carbonyl (C=O) groups is 1. The predicted molar refractivity (Wildman–Crippen MR) is 85.9 cm³/mol. The minimum Gasteiger partial charge on any atom is -0.342 e. The molecule has 1 aliphatic heterocycles. The van der Waals surface area contributed by atoms with Crippen LogP contribution >= 0.6 is 23.2 Å². The van der Waals surface area contributed by atoms with E-state index in [1.165, 1.54) is 0 Å². The van der Waals surface area contributed by atoms with Crippen LogP contribution < -0.4 is 5.32 Å². The van der Waals surface area contributed by atoms with Crippen molar-refractivity contribution in [1.29, 1.82) is 0 Å². The van der Waals surface area contributed by atoms with E-state index in [9.17, 15) is 4.79 Å². The minimum absolute atomic E-state index is 0.0919. The van der Waals surface area contributed by atoms with Crippen LogP contribution in [0.3, 0.4) is 0 Å². The van der Waals surface area contributed by atoms with Crippen molar-refractivity contribution in [2.24, 2.45) is 11.8 Å². The molecule has 3 nitrogen and oxygen atoms in total. The first-order valence-corrected chi connectivity index (χ1v) is 8.24. The molecular formula is C16H20Cl2N2O. The summed E-state index contributed by atoms with van der Waals surface area (Å²) in [6, 6.07) is 5.68. The second-order valence-electron chi connectivity index (χ2n) is 6.09. The Kier molecular flexibility index (Phi) is 4.43. The first-order chi connectivity index (χ1) is 10.1. The standard InChI is InChI=1S/C16H20Cl2N2O/c1-19-8-10-5-6-20(9-10)16(21)13-7-12(13)11-3-2-4-14(17)15(11)18/h2-4,10,12-13,19H,5-9H2,1H3/t10-,12-,13-/m0/s1. The molecule has 1 N–H and O–H groups in total. The maximum Gasteiger partial charge on any atom is 0.226 e. The zero-order valence-electron chi connectivity index (χ0n) is 12.1. The zero-order chi connectivity index (χ0) is 15.0. The average Bonchev–Trinajstić information content (AvgIpc) is 3.12. The molecule has 0 unspecified atom stereocenters. The molecule has 1 aliphatic carbocycles. The van der Waals surface area contributed by atoms with Gasteiger partial charge in [-0.15, -0.1) is 0 Å². The minimum atomic E-state index is 0.0919. The number of hydrogen-bond acceptors (Lipinski definition) is 2. The fraction of sp³-hybridized carbons (Fsp3) is 0.562. The molecule has 1 saturated carbocycles. The number of amides is 1. The highest BCUT2D eigenvalue weighted by Gasteiger charge is 2.47. The van der Waals surface area contributed by atoms with Gasteiger partial charge in [0, 0.05) is 19.0 Å². The third-order valence-electron chi connectivity index (χ3n) is 4.58. The first kappa shape index (κ1) is 15.1. The van der Waals surface area contributed by atoms with Gasteiger partial charge in [-0.25, -0.2) is 0 Å². The van der Waals surface area contributed by atoms with Gasteiger partial charge in [-0.05, 0) is 49.9 Å². The molecule has 1 heterocycles. The molecule has 0 aromatic heterocycles. The van der Waals surface area contributed by atoms with Crippen molar-refractivity contribution in [3.8, 4) is 0 Å². The molecule has 2 aliphatic rings. The molecule has 0 bridgehead atoms. The highest BCUT2D eigenvalue weighted by atomic mass is 35.5. The van der Waals surface area contributed by atoms with E-state index in [2.05, 4.69) is 5.32 Å². The Balaban J connectivity index is 1.63. The lowest BCUT2D eigenvalue weighted by molar-refractivity contribution is -0.131. The molecule has 21 heavy (non-hydrogen) atoms. The lowest BCUT2D eigenvalue weighted by Crippen LogP contribution is -2.31. The van der Waals surface area contributed by atoms with E-state index < -0.39 is 0 Å². The predicted octanol–water partition coefficient (Wildman–Crippen LogP) is 3.16. The van der Waals surface area contributed by atoms with Crippen molar-refractivity contribution in [3.63, 3.8) is 0 Å². The summed E-state index contributed by atoms with van der Waals surface area (Å²) in [6.07, 6.45) is 1.99. The smallest absolute Gasteiger partial charge is 0.226 e. The van der Waals surface area contributed by atoms with Crippen molar-refractivity contribution < 1.29 is 4.79 Å². The monoisotopic (exact) mass is 326 g/mol. The van der Waals surface area contributed by atoms with Gasteiger partial charge < -0.3 is 10.2 Å². The quantitative estimate of drug-likeness (QED) is 0.921. The second kappa shape index (κ2) is 6.15. The fourth-order valence-electron chi connectivity index (χ4n) is 3.34. The molecule has 5 heteroatoms. The first-order valence-electron chi connectivity index (χ1n) is 7.49. The molecule has 1 amide bonds. The van der Waals surface area contributed by atoms with Gasteiger partial charge in [-0.1, -0.05) is 35.3 Å². The van der Waals surface area contributed by atoms with Crippen LogP contribution in [0.15, 0.2) is 18.2 Å². The maximum atomic E-state index is 12.6. The fourth-order valence-corrected chi connectivity index (χ4v) is 3.79. The molecule has 1 saturated heterocycles. The van der Waals surface area contributed by atoms with Crippen LogP contribution in [0.25, 0.3) is 0 Å². The van der Waals surface area contributed by atoms with Crippen molar-refractivity contribution in [2.75, 3.05) is 26.7 Å². The molecule has 3 atom stereocenters. The van der Waals surface area contributed by atoms with Crippen molar-refractivity contribution >= 4 is 29.1 Å². The highest BCUT2D eigenvalue weighted by molar-refractivity contribution is 6.42. The Labute approximate surface area is 135 Å². The molecule has 0 radical (unpaired) electrons. The topological polar surface area (TPSA) is 32.3 Å². The van der Waals surface area contributed by atoms with Gasteiger partial charge in [0.1, 0.15) is 0 Å². The summed E-state index contributed by atoms with van der Waals surface area (Å²) in [5, 5.41) is 4.37. The number of nitrogens with zero attached hydrogens (tertiary/aromatic N) is 1. The summed E-state index contributed by atoms with van der Waals surface area (Å²) in [4.78, 5) is 14.6. The molecule has 1 aromatic carbocycles. The van der Waals surface area contributed by atoms with Crippen LogP contribution in [-0.4, -0.2) is 37.5 Å². The van der Waals surface area contributed by atoms with Gasteiger partial charge in [0.05, 0.1) is 10.0 Å². The summed E-state index contributed by atoms with van der Waals surface area (Å²) in [5.74, 6) is 1.21. The number of carbonyl (C=O) groups excluding carboxylic acids is 1. The third kappa shape index (κ3) is 3.05. The lowest BCUT2D eigenvalue weighted by Gasteiger charge is -2.17. The number of halogens is 2. The van der Waals surface area contributed by atoms with E-state index in [0.29, 0.717) is 16.0 Å². The number of benzene rings is 1. The van der Waals surface area contributed by atoms with Gasteiger partial charge in [0.25, 0.3) is 0 Å². The van der Waals surface area contributed by atoms with Crippen molar-refractivity contribution in [1.82, 2.24) is 10.2 Å². The second-order valence-corrected chi connectivity index (χ2v) is 6.87. The Hall–Kier alpha value is -0.770. The van der Waals surface area contributed by atoms with E-state index in [4.69, 9.17) is 23.2 Å². The zero-order valence-corrected chi connectivity index (χ0v) is 13.6. The van der Waals surface area contributed by atoms with Crippen molar-refractivity contribution in [2.45, 2.75) is 18.8 Å². The van der Waals surface area contributed by atoms with E-state index >= 15 is 0 Å². The van der Waals surface area contributed by atoms with Gasteiger partial charge >= 0.3 is 0 Å². The van der Waals surface area contributed by atoms with Crippen molar-refractivity contribution in [3.05, 3.63) is 33.8 Å². The Morgan fingerprint density at radius 2 is 2.24 bits per heavy atom. The molecule has 2 fully saturated rings. The Morgan fingerprint density at radius 3 is 3.00 bits per heavy atom. The summed E-state index contributed by atoms with van der Waals surface area (Å²) in [7, 11) is 1.96. The highest BCUT2D eigenvalue weighted by Crippen LogP contribution is 2.51. The van der Waals surface area contributed by atoms with Crippen LogP contribution in [0.5, 0.6) is 0 Å². The maximum absolute atomic E-state index is 12.6. The van der Waals surface area contributed by atoms with E-state index in [1.54, 1.807) is 6.07 Å². The third-order valence-corrected chi connectivity index (χ3v) is 5.41. The molecule has 1 aromatic rings. The van der Waals surface area contributed by atoms with E-state index in [-0.39, 0.29) is 17.7 Å². The number of rotatable bonds is 4. The molecule has 0 spiro atoms. The van der Waals surface area contributed by atoms with E-state index in [1.807, 2.05) is 24.1 Å². The van der Waals surface area contributed by atoms with Gasteiger partial charge in [-0.2, -0.15) is 0 Å². The largest absolute Gasteiger partial charge is 0.342 e. The lowest BCUT2D eigenvalue weighted by atomic mass is 10.1. The number of hydrogen-bond donors (Lipinski definition) is 1. The summed E-state index contributed by atoms with van der Waals surface area (Å²) < 4.78 is 0.